The van der Waals surface area contributed by atoms with Crippen LogP contribution in [0.5, 0.6) is 0 Å². The lowest BCUT2D eigenvalue weighted by Crippen LogP contribution is -2.70. The smallest absolute Gasteiger partial charge is 0.303 e. The molecule has 0 bridgehead atoms. The van der Waals surface area contributed by atoms with E-state index in [-0.39, 0.29) is 45.1 Å². The molecule has 4 aliphatic carbocycles. The third kappa shape index (κ3) is 3.67. The average Bonchev–Trinajstić information content (AvgIpc) is 3.28. The summed E-state index contributed by atoms with van der Waals surface area (Å²) in [5, 5.41) is 65.5. The maximum atomic E-state index is 13.2. The third-order valence-electron chi connectivity index (χ3n) is 10.1. The van der Waals surface area contributed by atoms with Gasteiger partial charge in [-0.1, -0.05) is 32.9 Å². The van der Waals surface area contributed by atoms with E-state index in [0.717, 1.165) is 0 Å². The lowest BCUT2D eigenvalue weighted by Gasteiger charge is -2.58. The van der Waals surface area contributed by atoms with Crippen LogP contribution in [0.15, 0.2) is 23.3 Å². The predicted molar refractivity (Wildman–Crippen MR) is 134 cm³/mol. The van der Waals surface area contributed by atoms with E-state index in [1.807, 2.05) is 13.8 Å². The van der Waals surface area contributed by atoms with Crippen molar-refractivity contribution in [1.82, 2.24) is 0 Å². The summed E-state index contributed by atoms with van der Waals surface area (Å²) < 4.78 is 6.43. The predicted octanol–water partition coefficient (Wildman–Crippen LogP) is 1.44. The molecule has 0 heterocycles. The van der Waals surface area contributed by atoms with Crippen molar-refractivity contribution in [3.05, 3.63) is 23.3 Å². The summed E-state index contributed by atoms with van der Waals surface area (Å²) in [6.45, 7) is 6.60. The summed E-state index contributed by atoms with van der Waals surface area (Å²) in [4.78, 5) is 35.6. The summed E-state index contributed by atoms with van der Waals surface area (Å²) in [5.41, 5.74) is -6.91. The Balaban J connectivity index is 1.88. The fourth-order valence-corrected chi connectivity index (χ4v) is 8.45. The van der Waals surface area contributed by atoms with Crippen molar-refractivity contribution >= 4 is 17.7 Å². The number of aliphatic carboxylic acids is 2. The number of ether oxygens (including phenoxy) is 1. The maximum Gasteiger partial charge on any atom is 0.303 e. The number of aliphatic hydroxyl groups excluding tert-OH is 1. The third-order valence-corrected chi connectivity index (χ3v) is 10.1. The van der Waals surface area contributed by atoms with Crippen LogP contribution in [0.2, 0.25) is 0 Å². The monoisotopic (exact) mass is 536 g/mol. The number of hydrogen-bond donors (Lipinski definition) is 6. The summed E-state index contributed by atoms with van der Waals surface area (Å²) in [7, 11) is 0. The van der Waals surface area contributed by atoms with E-state index in [4.69, 9.17) is 9.84 Å². The molecular weight excluding hydrogens is 496 g/mol. The van der Waals surface area contributed by atoms with Crippen molar-refractivity contribution in [2.45, 2.75) is 88.6 Å². The molecule has 4 aliphatic rings. The zero-order valence-corrected chi connectivity index (χ0v) is 22.4. The Kier molecular flexibility index (Phi) is 7.02. The molecule has 0 unspecified atom stereocenters. The Morgan fingerprint density at radius 2 is 1.66 bits per heavy atom. The molecule has 0 saturated heterocycles. The summed E-state index contributed by atoms with van der Waals surface area (Å²) in [6.07, 6.45) is 3.05. The first-order chi connectivity index (χ1) is 17.6. The molecule has 0 radical (unpaired) electrons. The molecule has 8 atom stereocenters. The second-order valence-electron chi connectivity index (χ2n) is 12.3. The molecule has 10 heteroatoms. The van der Waals surface area contributed by atoms with Gasteiger partial charge in [-0.2, -0.15) is 0 Å². The minimum absolute atomic E-state index is 0.0211. The van der Waals surface area contributed by atoms with E-state index in [0.29, 0.717) is 11.1 Å². The van der Waals surface area contributed by atoms with Gasteiger partial charge in [0.05, 0.1) is 17.8 Å². The quantitative estimate of drug-likeness (QED) is 0.177. The number of rotatable bonds is 10. The van der Waals surface area contributed by atoms with Crippen LogP contribution >= 0.6 is 0 Å². The van der Waals surface area contributed by atoms with Gasteiger partial charge >= 0.3 is 11.9 Å². The van der Waals surface area contributed by atoms with Gasteiger partial charge in [0.2, 0.25) is 0 Å². The van der Waals surface area contributed by atoms with E-state index in [9.17, 15) is 39.9 Å². The molecule has 0 aromatic rings. The summed E-state index contributed by atoms with van der Waals surface area (Å²) in [5.74, 6) is -5.85. The lowest BCUT2D eigenvalue weighted by molar-refractivity contribution is -0.265. The molecule has 0 aliphatic heterocycles. The van der Waals surface area contributed by atoms with Crippen LogP contribution in [0.25, 0.3) is 0 Å². The van der Waals surface area contributed by atoms with Gasteiger partial charge in [-0.15, -0.1) is 0 Å². The normalized spacial score (nSPS) is 42.8. The Hall–Kier alpha value is -2.11. The van der Waals surface area contributed by atoms with Crippen LogP contribution in [0.1, 0.15) is 66.2 Å². The van der Waals surface area contributed by atoms with E-state index < -0.39 is 75.8 Å². The molecule has 0 aromatic carbocycles. The minimum Gasteiger partial charge on any atom is -0.481 e. The van der Waals surface area contributed by atoms with E-state index >= 15 is 0 Å². The van der Waals surface area contributed by atoms with Gasteiger partial charge in [0, 0.05) is 55.0 Å². The number of carboxylic acids is 2. The first-order valence-electron chi connectivity index (χ1n) is 13.3. The zero-order valence-electron chi connectivity index (χ0n) is 22.4. The van der Waals surface area contributed by atoms with Crippen LogP contribution in [0.4, 0.5) is 0 Å². The lowest BCUT2D eigenvalue weighted by atomic mass is 9.54. The number of carbonyl (C=O) groups is 3. The molecule has 2 fully saturated rings. The van der Waals surface area contributed by atoms with Gasteiger partial charge in [0.1, 0.15) is 11.2 Å². The Bertz CT molecular complexity index is 1090. The molecule has 38 heavy (non-hydrogen) atoms. The summed E-state index contributed by atoms with van der Waals surface area (Å²) >= 11 is 0. The molecule has 10 nitrogen and oxygen atoms in total. The number of hydrogen-bond acceptors (Lipinski definition) is 8. The van der Waals surface area contributed by atoms with Gasteiger partial charge in [0.15, 0.2) is 5.78 Å². The fourth-order valence-electron chi connectivity index (χ4n) is 8.45. The van der Waals surface area contributed by atoms with Gasteiger partial charge in [-0.25, -0.2) is 0 Å². The molecule has 0 amide bonds. The van der Waals surface area contributed by atoms with E-state index in [1.54, 1.807) is 26.0 Å². The highest BCUT2D eigenvalue weighted by atomic mass is 16.5. The van der Waals surface area contributed by atoms with Gasteiger partial charge < -0.3 is 35.4 Å². The topological polar surface area (TPSA) is 182 Å². The largest absolute Gasteiger partial charge is 0.481 e. The number of carboxylic acid groups (broad SMARTS) is 2. The van der Waals surface area contributed by atoms with Gasteiger partial charge in [-0.3, -0.25) is 14.4 Å². The van der Waals surface area contributed by atoms with Crippen molar-refractivity contribution in [2.75, 3.05) is 13.2 Å². The molecule has 0 aromatic heterocycles. The van der Waals surface area contributed by atoms with Crippen LogP contribution in [0, 0.1) is 29.1 Å². The molecular formula is C28H40O10. The standard InChI is InChI=1S/C28H40O10/c1-15-11-19-25(35,23(15)34)13-17(14-29)12-18-22-24(3,4)28(22,38-10-6-8-21(32)33)26(36,9-5-7-20(30)31)16(2)27(18,19)37/h11-12,16,18-19,22,29,35-37H,5-10,13-14H2,1-4H3,(H,30,31)(H,32,33)/t16-,18+,19-,22-,25-,26-,27-,28+/m1/s1. The molecule has 0 spiro atoms. The van der Waals surface area contributed by atoms with E-state index in [1.165, 1.54) is 0 Å². The first kappa shape index (κ1) is 28.9. The number of aliphatic hydroxyl groups is 4. The van der Waals surface area contributed by atoms with Crippen molar-refractivity contribution in [3.63, 3.8) is 0 Å². The highest BCUT2D eigenvalue weighted by molar-refractivity contribution is 6.04. The highest BCUT2D eigenvalue weighted by Crippen LogP contribution is 2.80. The van der Waals surface area contributed by atoms with Crippen LogP contribution < -0.4 is 0 Å². The van der Waals surface area contributed by atoms with E-state index in [2.05, 4.69) is 0 Å². The van der Waals surface area contributed by atoms with Gasteiger partial charge in [-0.05, 0) is 37.3 Å². The zero-order chi connectivity index (χ0) is 28.5. The van der Waals surface area contributed by atoms with Crippen molar-refractivity contribution in [2.24, 2.45) is 29.1 Å². The SMILES string of the molecule is CC1=C[C@H]2[C@]3(O)[C@@H](C=C(CO)C[C@]2(O)C1=O)[C@@H]1C(C)(C)[C@]1(OCCCC(=O)O)[C@@](O)(CCCC(=O)O)[C@H]3C. The fraction of sp³-hybridized carbons (Fsp3) is 0.750. The number of Topliss-reactive ketones (excluding diaryl/α,β-unsaturated/α-hetero) is 1. The molecule has 2 saturated carbocycles. The number of ketones is 1. The minimum atomic E-state index is -2.00. The summed E-state index contributed by atoms with van der Waals surface area (Å²) in [6, 6.07) is 0. The first-order valence-corrected chi connectivity index (χ1v) is 13.3. The van der Waals surface area contributed by atoms with Crippen molar-refractivity contribution in [3.8, 4) is 0 Å². The molecule has 4 rings (SSSR count). The van der Waals surface area contributed by atoms with Crippen LogP contribution in [-0.2, 0) is 19.1 Å². The maximum absolute atomic E-state index is 13.2. The Morgan fingerprint density at radius 3 is 2.24 bits per heavy atom. The van der Waals surface area contributed by atoms with Crippen molar-refractivity contribution < 1.29 is 49.8 Å². The average molecular weight is 537 g/mol. The van der Waals surface area contributed by atoms with Crippen LogP contribution in [0.3, 0.4) is 0 Å². The number of carbonyl (C=O) groups excluding carboxylic acids is 1. The molecule has 212 valence electrons. The Morgan fingerprint density at radius 1 is 1.05 bits per heavy atom. The highest BCUT2D eigenvalue weighted by Gasteiger charge is 2.89. The van der Waals surface area contributed by atoms with Crippen LogP contribution in [-0.4, -0.2) is 84.0 Å². The molecule has 6 N–H and O–H groups in total. The second-order valence-corrected chi connectivity index (χ2v) is 12.3. The second kappa shape index (κ2) is 9.23. The van der Waals surface area contributed by atoms with Gasteiger partial charge in [0.25, 0.3) is 0 Å². The van der Waals surface area contributed by atoms with Crippen molar-refractivity contribution in [1.29, 1.82) is 0 Å². The Labute approximate surface area is 222 Å². The number of fused-ring (bicyclic) bond motifs is 5.